The van der Waals surface area contributed by atoms with Crippen LogP contribution < -0.4 is 27.2 Å². The molecule has 1 aromatic heterocycles. The number of amides is 1. The molecule has 0 radical (unpaired) electrons. The zero-order valence-electron chi connectivity index (χ0n) is 14.3. The quantitative estimate of drug-likeness (QED) is 0.635. The molecular formula is C15H27N5O3. The lowest BCUT2D eigenvalue weighted by molar-refractivity contribution is -0.120. The Morgan fingerprint density at radius 1 is 1.39 bits per heavy atom. The standard InChI is InChI=1S/C15H27N5O3/c1-5-7-8-20-13(16)12(14(22)18-15(20)23)19(4)9-11(21)17-10(3)6-2/h10H,5-9,16H2,1-4H3,(H,17,21)(H,18,22,23)/t10-/m1/s1. The fraction of sp³-hybridized carbons (Fsp3) is 0.667. The van der Waals surface area contributed by atoms with E-state index >= 15 is 0 Å². The van der Waals surface area contributed by atoms with Crippen molar-refractivity contribution in [3.63, 3.8) is 0 Å². The van der Waals surface area contributed by atoms with Crippen molar-refractivity contribution in [2.45, 2.75) is 52.6 Å². The van der Waals surface area contributed by atoms with E-state index < -0.39 is 11.2 Å². The number of carbonyl (C=O) groups excluding carboxylic acids is 1. The molecule has 8 nitrogen and oxygen atoms in total. The van der Waals surface area contributed by atoms with Gasteiger partial charge in [0, 0.05) is 19.6 Å². The molecule has 0 aliphatic rings. The summed E-state index contributed by atoms with van der Waals surface area (Å²) in [5, 5.41) is 2.83. The molecule has 23 heavy (non-hydrogen) atoms. The zero-order chi connectivity index (χ0) is 17.6. The lowest BCUT2D eigenvalue weighted by Gasteiger charge is -2.22. The molecule has 1 heterocycles. The van der Waals surface area contributed by atoms with E-state index in [2.05, 4.69) is 10.3 Å². The second-order valence-electron chi connectivity index (χ2n) is 5.73. The fourth-order valence-corrected chi connectivity index (χ4v) is 2.20. The topological polar surface area (TPSA) is 113 Å². The van der Waals surface area contributed by atoms with Gasteiger partial charge in [0.15, 0.2) is 0 Å². The number of aromatic amines is 1. The Kier molecular flexibility index (Phi) is 6.87. The van der Waals surface area contributed by atoms with Gasteiger partial charge in [-0.2, -0.15) is 0 Å². The maximum atomic E-state index is 12.1. The minimum atomic E-state index is -0.584. The third-order valence-corrected chi connectivity index (χ3v) is 3.73. The third-order valence-electron chi connectivity index (χ3n) is 3.73. The number of rotatable bonds is 8. The highest BCUT2D eigenvalue weighted by atomic mass is 16.2. The van der Waals surface area contributed by atoms with Gasteiger partial charge in [-0.15, -0.1) is 0 Å². The summed E-state index contributed by atoms with van der Waals surface area (Å²) in [5.41, 5.74) is 5.03. The number of nitrogen functional groups attached to an aromatic ring is 1. The van der Waals surface area contributed by atoms with E-state index in [9.17, 15) is 14.4 Å². The Morgan fingerprint density at radius 2 is 2.04 bits per heavy atom. The van der Waals surface area contributed by atoms with Crippen molar-refractivity contribution in [3.05, 3.63) is 20.8 Å². The molecule has 4 N–H and O–H groups in total. The Bertz CT molecular complexity index is 649. The highest BCUT2D eigenvalue weighted by molar-refractivity contribution is 5.82. The van der Waals surface area contributed by atoms with Crippen molar-refractivity contribution >= 4 is 17.4 Å². The highest BCUT2D eigenvalue weighted by Crippen LogP contribution is 2.15. The molecule has 0 unspecified atom stereocenters. The number of hydrogen-bond donors (Lipinski definition) is 3. The van der Waals surface area contributed by atoms with E-state index in [1.807, 2.05) is 20.8 Å². The van der Waals surface area contributed by atoms with Gasteiger partial charge in [0.2, 0.25) is 5.91 Å². The average molecular weight is 325 g/mol. The molecule has 8 heteroatoms. The van der Waals surface area contributed by atoms with E-state index in [4.69, 9.17) is 5.73 Å². The molecule has 1 aromatic rings. The van der Waals surface area contributed by atoms with Gasteiger partial charge in [-0.25, -0.2) is 4.79 Å². The fourth-order valence-electron chi connectivity index (χ4n) is 2.20. The van der Waals surface area contributed by atoms with Gasteiger partial charge in [-0.3, -0.25) is 19.1 Å². The normalized spacial score (nSPS) is 12.0. The first kappa shape index (κ1) is 18.8. The number of anilines is 2. The Labute approximate surface area is 135 Å². The van der Waals surface area contributed by atoms with E-state index in [0.717, 1.165) is 19.3 Å². The van der Waals surface area contributed by atoms with Gasteiger partial charge >= 0.3 is 5.69 Å². The van der Waals surface area contributed by atoms with Crippen LogP contribution in [0.2, 0.25) is 0 Å². The van der Waals surface area contributed by atoms with Crippen LogP contribution in [0.4, 0.5) is 11.5 Å². The summed E-state index contributed by atoms with van der Waals surface area (Å²) >= 11 is 0. The molecule has 0 aliphatic carbocycles. The van der Waals surface area contributed by atoms with Gasteiger partial charge < -0.3 is 16.0 Å². The van der Waals surface area contributed by atoms with Gasteiger partial charge in [-0.1, -0.05) is 20.3 Å². The van der Waals surface area contributed by atoms with Crippen molar-refractivity contribution in [1.29, 1.82) is 0 Å². The van der Waals surface area contributed by atoms with Crippen molar-refractivity contribution in [3.8, 4) is 0 Å². The summed E-state index contributed by atoms with van der Waals surface area (Å²) in [5.74, 6) is -0.113. The number of carbonyl (C=O) groups is 1. The molecule has 1 rings (SSSR count). The first-order valence-electron chi connectivity index (χ1n) is 7.94. The summed E-state index contributed by atoms with van der Waals surface area (Å²) in [6.45, 7) is 6.30. The maximum Gasteiger partial charge on any atom is 0.330 e. The molecule has 1 atom stereocenters. The van der Waals surface area contributed by atoms with Crippen LogP contribution in [0.25, 0.3) is 0 Å². The highest BCUT2D eigenvalue weighted by Gasteiger charge is 2.18. The SMILES string of the molecule is CCCCn1c(N)c(N(C)CC(=O)N[C@H](C)CC)c(=O)[nH]c1=O. The number of nitrogens with one attached hydrogen (secondary N) is 2. The largest absolute Gasteiger partial charge is 0.383 e. The Morgan fingerprint density at radius 3 is 2.61 bits per heavy atom. The van der Waals surface area contributed by atoms with Crippen molar-refractivity contribution < 1.29 is 4.79 Å². The molecule has 0 fully saturated rings. The lowest BCUT2D eigenvalue weighted by atomic mass is 10.2. The van der Waals surface area contributed by atoms with E-state index in [1.54, 1.807) is 7.05 Å². The number of likely N-dealkylation sites (N-methyl/N-ethyl adjacent to an activating group) is 1. The summed E-state index contributed by atoms with van der Waals surface area (Å²) in [6.07, 6.45) is 2.49. The molecular weight excluding hydrogens is 298 g/mol. The molecule has 130 valence electrons. The lowest BCUT2D eigenvalue weighted by Crippen LogP contribution is -2.43. The first-order chi connectivity index (χ1) is 10.8. The zero-order valence-corrected chi connectivity index (χ0v) is 14.3. The third kappa shape index (κ3) is 4.87. The van der Waals surface area contributed by atoms with Crippen LogP contribution in [0.3, 0.4) is 0 Å². The Hall–Kier alpha value is -2.25. The molecule has 0 aliphatic heterocycles. The van der Waals surface area contributed by atoms with Crippen LogP contribution in [0.1, 0.15) is 40.0 Å². The molecule has 0 bridgehead atoms. The van der Waals surface area contributed by atoms with Crippen LogP contribution in [0.15, 0.2) is 9.59 Å². The molecule has 1 amide bonds. The predicted molar refractivity (Wildman–Crippen MR) is 91.8 cm³/mol. The minimum absolute atomic E-state index is 0.0103. The van der Waals surface area contributed by atoms with Crippen LogP contribution in [0.5, 0.6) is 0 Å². The van der Waals surface area contributed by atoms with Crippen LogP contribution in [-0.2, 0) is 11.3 Å². The number of nitrogens with two attached hydrogens (primary N) is 1. The summed E-state index contributed by atoms with van der Waals surface area (Å²) in [6, 6.07) is 0.0602. The van der Waals surface area contributed by atoms with Crippen LogP contribution >= 0.6 is 0 Å². The number of H-pyrrole nitrogens is 1. The van der Waals surface area contributed by atoms with Crippen LogP contribution in [-0.4, -0.2) is 35.1 Å². The molecule has 0 saturated heterocycles. The van der Waals surface area contributed by atoms with Crippen LogP contribution in [0, 0.1) is 0 Å². The second kappa shape index (κ2) is 8.40. The summed E-state index contributed by atoms with van der Waals surface area (Å²) < 4.78 is 1.34. The number of aromatic nitrogens is 2. The summed E-state index contributed by atoms with van der Waals surface area (Å²) in [4.78, 5) is 39.6. The molecule has 0 saturated carbocycles. The minimum Gasteiger partial charge on any atom is -0.383 e. The Balaban J connectivity index is 3.04. The predicted octanol–water partition coefficient (Wildman–Crippen LogP) is 0.270. The molecule has 0 spiro atoms. The van der Waals surface area contributed by atoms with Gasteiger partial charge in [0.05, 0.1) is 6.54 Å². The van der Waals surface area contributed by atoms with Gasteiger partial charge in [-0.05, 0) is 19.8 Å². The van der Waals surface area contributed by atoms with Crippen molar-refractivity contribution in [1.82, 2.24) is 14.9 Å². The first-order valence-corrected chi connectivity index (χ1v) is 7.94. The van der Waals surface area contributed by atoms with E-state index in [1.165, 1.54) is 9.47 Å². The maximum absolute atomic E-state index is 12.1. The summed E-state index contributed by atoms with van der Waals surface area (Å²) in [7, 11) is 1.60. The van der Waals surface area contributed by atoms with Crippen molar-refractivity contribution in [2.24, 2.45) is 0 Å². The molecule has 0 aromatic carbocycles. The monoisotopic (exact) mass is 325 g/mol. The van der Waals surface area contributed by atoms with E-state index in [-0.39, 0.29) is 30.0 Å². The average Bonchev–Trinajstić information content (AvgIpc) is 2.46. The number of nitrogens with zero attached hydrogens (tertiary/aromatic N) is 2. The number of hydrogen-bond acceptors (Lipinski definition) is 5. The van der Waals surface area contributed by atoms with Crippen molar-refractivity contribution in [2.75, 3.05) is 24.2 Å². The van der Waals surface area contributed by atoms with Gasteiger partial charge in [0.1, 0.15) is 11.5 Å². The van der Waals surface area contributed by atoms with Gasteiger partial charge in [0.25, 0.3) is 5.56 Å². The number of unbranched alkanes of at least 4 members (excludes halogenated alkanes) is 1. The second-order valence-corrected chi connectivity index (χ2v) is 5.73. The van der Waals surface area contributed by atoms with E-state index in [0.29, 0.717) is 6.54 Å². The smallest absolute Gasteiger partial charge is 0.330 e.